The van der Waals surface area contributed by atoms with Gasteiger partial charge in [-0.25, -0.2) is 4.79 Å². The molecule has 6 heteroatoms. The zero-order valence-electron chi connectivity index (χ0n) is 14.6. The van der Waals surface area contributed by atoms with Crippen LogP contribution in [0, 0.1) is 0 Å². The van der Waals surface area contributed by atoms with Crippen molar-refractivity contribution in [1.82, 2.24) is 15.5 Å². The van der Waals surface area contributed by atoms with Gasteiger partial charge in [-0.15, -0.1) is 0 Å². The first kappa shape index (κ1) is 17.5. The highest BCUT2D eigenvalue weighted by molar-refractivity contribution is 6.07. The van der Waals surface area contributed by atoms with Gasteiger partial charge in [0.05, 0.1) is 6.04 Å². The lowest BCUT2D eigenvalue weighted by atomic mass is 9.98. The summed E-state index contributed by atoms with van der Waals surface area (Å²) in [6.07, 6.45) is 4.16. The minimum Gasteiger partial charge on any atom is -0.350 e. The molecule has 1 aliphatic carbocycles. The van der Waals surface area contributed by atoms with Crippen molar-refractivity contribution in [1.29, 1.82) is 0 Å². The van der Waals surface area contributed by atoms with E-state index in [9.17, 15) is 14.4 Å². The predicted octanol–water partition coefficient (Wildman–Crippen LogP) is 2.51. The maximum Gasteiger partial charge on any atom is 0.325 e. The Balaban J connectivity index is 1.45. The van der Waals surface area contributed by atoms with Crippen molar-refractivity contribution >= 4 is 17.8 Å². The second-order valence-corrected chi connectivity index (χ2v) is 6.98. The fourth-order valence-corrected chi connectivity index (χ4v) is 3.73. The van der Waals surface area contributed by atoms with Gasteiger partial charge in [-0.1, -0.05) is 43.2 Å². The van der Waals surface area contributed by atoms with Gasteiger partial charge in [0, 0.05) is 13.0 Å². The Labute approximate surface area is 148 Å². The molecule has 3 rings (SSSR count). The van der Waals surface area contributed by atoms with Gasteiger partial charge < -0.3 is 10.6 Å². The van der Waals surface area contributed by atoms with Crippen LogP contribution >= 0.6 is 0 Å². The van der Waals surface area contributed by atoms with Crippen molar-refractivity contribution in [2.45, 2.75) is 57.0 Å². The number of hydrogen-bond donors (Lipinski definition) is 2. The Morgan fingerprint density at radius 1 is 1.24 bits per heavy atom. The van der Waals surface area contributed by atoms with Crippen LogP contribution in [-0.4, -0.2) is 34.8 Å². The van der Waals surface area contributed by atoms with Crippen LogP contribution in [0.2, 0.25) is 0 Å². The lowest BCUT2D eigenvalue weighted by Crippen LogP contribution is -2.44. The number of carbonyl (C=O) groups is 3. The molecule has 1 saturated heterocycles. The number of benzene rings is 1. The van der Waals surface area contributed by atoms with Crippen LogP contribution in [0.1, 0.15) is 57.1 Å². The summed E-state index contributed by atoms with van der Waals surface area (Å²) in [7, 11) is 0. The van der Waals surface area contributed by atoms with E-state index in [2.05, 4.69) is 10.6 Å². The van der Waals surface area contributed by atoms with E-state index < -0.39 is 5.54 Å². The first-order valence-corrected chi connectivity index (χ1v) is 9.00. The molecule has 1 aliphatic heterocycles. The molecule has 1 atom stereocenters. The summed E-state index contributed by atoms with van der Waals surface area (Å²) in [5.74, 6) is -0.188. The first-order valence-electron chi connectivity index (χ1n) is 9.00. The molecule has 4 amide bonds. The summed E-state index contributed by atoms with van der Waals surface area (Å²) in [6.45, 7) is 2.23. The molecule has 134 valence electrons. The summed E-state index contributed by atoms with van der Waals surface area (Å²) in [4.78, 5) is 38.0. The highest BCUT2D eigenvalue weighted by Gasteiger charge is 2.51. The van der Waals surface area contributed by atoms with Gasteiger partial charge in [-0.2, -0.15) is 0 Å². The van der Waals surface area contributed by atoms with E-state index in [1.165, 1.54) is 4.90 Å². The van der Waals surface area contributed by atoms with Crippen LogP contribution < -0.4 is 10.6 Å². The van der Waals surface area contributed by atoms with Gasteiger partial charge in [0.15, 0.2) is 0 Å². The van der Waals surface area contributed by atoms with E-state index in [4.69, 9.17) is 0 Å². The molecule has 25 heavy (non-hydrogen) atoms. The molecule has 1 aromatic carbocycles. The van der Waals surface area contributed by atoms with E-state index >= 15 is 0 Å². The zero-order chi connectivity index (χ0) is 17.9. The molecule has 1 aromatic rings. The molecule has 0 aromatic heterocycles. The number of urea groups is 1. The number of imide groups is 1. The van der Waals surface area contributed by atoms with Gasteiger partial charge >= 0.3 is 6.03 Å². The van der Waals surface area contributed by atoms with Gasteiger partial charge in [0.1, 0.15) is 5.54 Å². The molecule has 2 aliphatic rings. The third-order valence-corrected chi connectivity index (χ3v) is 5.17. The van der Waals surface area contributed by atoms with Crippen LogP contribution in [0.4, 0.5) is 4.79 Å². The standard InChI is InChI=1S/C19H25N3O3/c1-14(15-8-3-2-4-9-15)20-16(23)10-7-13-22-17(24)19(21-18(22)25)11-5-6-12-19/h2-4,8-9,14H,5-7,10-13H2,1H3,(H,20,23)(H,21,25)/t14-/m0/s1. The van der Waals surface area contributed by atoms with Crippen LogP contribution in [-0.2, 0) is 9.59 Å². The fourth-order valence-electron chi connectivity index (χ4n) is 3.73. The molecule has 0 unspecified atom stereocenters. The number of amides is 4. The fraction of sp³-hybridized carbons (Fsp3) is 0.526. The second kappa shape index (κ2) is 7.25. The third-order valence-electron chi connectivity index (χ3n) is 5.17. The Kier molecular flexibility index (Phi) is 5.06. The summed E-state index contributed by atoms with van der Waals surface area (Å²) < 4.78 is 0. The molecule has 2 N–H and O–H groups in total. The normalized spacial score (nSPS) is 20.0. The molecule has 6 nitrogen and oxygen atoms in total. The number of rotatable bonds is 6. The Hall–Kier alpha value is -2.37. The number of hydrogen-bond acceptors (Lipinski definition) is 3. The van der Waals surface area contributed by atoms with Crippen molar-refractivity contribution in [3.05, 3.63) is 35.9 Å². The van der Waals surface area contributed by atoms with Crippen molar-refractivity contribution in [2.24, 2.45) is 0 Å². The zero-order valence-corrected chi connectivity index (χ0v) is 14.6. The van der Waals surface area contributed by atoms with E-state index in [0.717, 1.165) is 31.2 Å². The SMILES string of the molecule is C[C@H](NC(=O)CCCN1C(=O)NC2(CCCC2)C1=O)c1ccccc1. The van der Waals surface area contributed by atoms with Gasteiger partial charge in [0.25, 0.3) is 5.91 Å². The monoisotopic (exact) mass is 343 g/mol. The molecule has 0 bridgehead atoms. The smallest absolute Gasteiger partial charge is 0.325 e. The summed E-state index contributed by atoms with van der Waals surface area (Å²) in [6, 6.07) is 9.38. The molecule has 1 heterocycles. The van der Waals surface area contributed by atoms with E-state index in [-0.39, 0.29) is 23.9 Å². The number of nitrogens with zero attached hydrogens (tertiary/aromatic N) is 1. The molecule has 2 fully saturated rings. The maximum atomic E-state index is 12.5. The largest absolute Gasteiger partial charge is 0.350 e. The molecular formula is C19H25N3O3. The quantitative estimate of drug-likeness (QED) is 0.779. The summed E-state index contributed by atoms with van der Waals surface area (Å²) >= 11 is 0. The number of carbonyl (C=O) groups excluding carboxylic acids is 3. The van der Waals surface area contributed by atoms with Crippen LogP contribution in [0.3, 0.4) is 0 Å². The average molecular weight is 343 g/mol. The van der Waals surface area contributed by atoms with Gasteiger partial charge in [-0.3, -0.25) is 14.5 Å². The average Bonchev–Trinajstić information content (AvgIpc) is 3.16. The summed E-state index contributed by atoms with van der Waals surface area (Å²) in [5, 5.41) is 5.81. The van der Waals surface area contributed by atoms with E-state index in [1.807, 2.05) is 37.3 Å². The van der Waals surface area contributed by atoms with E-state index in [0.29, 0.717) is 19.4 Å². The van der Waals surface area contributed by atoms with Crippen LogP contribution in [0.5, 0.6) is 0 Å². The van der Waals surface area contributed by atoms with Crippen molar-refractivity contribution in [2.75, 3.05) is 6.54 Å². The lowest BCUT2D eigenvalue weighted by molar-refractivity contribution is -0.131. The Bertz CT molecular complexity index is 653. The van der Waals surface area contributed by atoms with E-state index in [1.54, 1.807) is 0 Å². The minimum atomic E-state index is -0.666. The van der Waals surface area contributed by atoms with Crippen molar-refractivity contribution in [3.63, 3.8) is 0 Å². The molecular weight excluding hydrogens is 318 g/mol. The predicted molar refractivity (Wildman–Crippen MR) is 93.7 cm³/mol. The summed E-state index contributed by atoms with van der Waals surface area (Å²) in [5.41, 5.74) is 0.384. The van der Waals surface area contributed by atoms with Crippen LogP contribution in [0.25, 0.3) is 0 Å². The molecule has 0 radical (unpaired) electrons. The maximum absolute atomic E-state index is 12.5. The van der Waals surface area contributed by atoms with Crippen molar-refractivity contribution < 1.29 is 14.4 Å². The molecule has 1 saturated carbocycles. The minimum absolute atomic E-state index is 0.0628. The second-order valence-electron chi connectivity index (χ2n) is 6.98. The third kappa shape index (κ3) is 3.67. The lowest BCUT2D eigenvalue weighted by Gasteiger charge is -2.20. The van der Waals surface area contributed by atoms with Gasteiger partial charge in [0.2, 0.25) is 5.91 Å². The van der Waals surface area contributed by atoms with Gasteiger partial charge in [-0.05, 0) is 31.7 Å². The number of nitrogens with one attached hydrogen (secondary N) is 2. The topological polar surface area (TPSA) is 78.5 Å². The highest BCUT2D eigenvalue weighted by Crippen LogP contribution is 2.35. The molecule has 1 spiro atoms. The highest BCUT2D eigenvalue weighted by atomic mass is 16.2. The Morgan fingerprint density at radius 2 is 1.92 bits per heavy atom. The van der Waals surface area contributed by atoms with Crippen molar-refractivity contribution in [3.8, 4) is 0 Å². The Morgan fingerprint density at radius 3 is 2.60 bits per heavy atom. The first-order chi connectivity index (χ1) is 12.0. The van der Waals surface area contributed by atoms with Crippen LogP contribution in [0.15, 0.2) is 30.3 Å².